The summed E-state index contributed by atoms with van der Waals surface area (Å²) in [7, 11) is 0. The molecule has 0 aliphatic heterocycles. The van der Waals surface area contributed by atoms with E-state index in [4.69, 9.17) is 0 Å². The summed E-state index contributed by atoms with van der Waals surface area (Å²) in [5.41, 5.74) is 5.04. The largest absolute Gasteiger partial charge is 0.0622 e. The fourth-order valence-corrected chi connectivity index (χ4v) is 3.76. The van der Waals surface area contributed by atoms with Gasteiger partial charge in [0.2, 0.25) is 0 Å². The summed E-state index contributed by atoms with van der Waals surface area (Å²) >= 11 is 0. The number of hydrogen-bond acceptors (Lipinski definition) is 0. The molecule has 0 saturated carbocycles. The lowest BCUT2D eigenvalue weighted by Crippen LogP contribution is -1.84. The Labute approximate surface area is 153 Å². The highest BCUT2D eigenvalue weighted by atomic mass is 14.1. The maximum atomic E-state index is 2.25. The van der Waals surface area contributed by atoms with Gasteiger partial charge in [-0.2, -0.15) is 0 Å². The molecule has 0 aromatic heterocycles. The van der Waals surface area contributed by atoms with E-state index in [0.717, 1.165) is 0 Å². The molecular weight excluding hydrogens is 312 g/mol. The summed E-state index contributed by atoms with van der Waals surface area (Å²) < 4.78 is 0. The van der Waals surface area contributed by atoms with Crippen LogP contribution in [0.4, 0.5) is 0 Å². The Morgan fingerprint density at radius 2 is 0.962 bits per heavy atom. The van der Waals surface area contributed by atoms with Crippen molar-refractivity contribution in [2.45, 2.75) is 0 Å². The fourth-order valence-electron chi connectivity index (χ4n) is 3.76. The van der Waals surface area contributed by atoms with E-state index in [1.807, 2.05) is 0 Å². The van der Waals surface area contributed by atoms with Crippen LogP contribution < -0.4 is 0 Å². The third-order valence-corrected chi connectivity index (χ3v) is 5.09. The van der Waals surface area contributed by atoms with Crippen molar-refractivity contribution in [3.8, 4) is 22.3 Å². The van der Waals surface area contributed by atoms with E-state index < -0.39 is 0 Å². The lowest BCUT2D eigenvalue weighted by atomic mass is 9.94. The van der Waals surface area contributed by atoms with E-state index in [1.54, 1.807) is 0 Å². The first kappa shape index (κ1) is 14.9. The Kier molecular flexibility index (Phi) is 3.54. The fraction of sp³-hybridized carbons (Fsp3) is 0. The molecule has 0 heterocycles. The van der Waals surface area contributed by atoms with E-state index in [2.05, 4.69) is 109 Å². The molecule has 0 aliphatic rings. The average Bonchev–Trinajstić information content (AvgIpc) is 2.74. The molecule has 5 aromatic carbocycles. The van der Waals surface area contributed by atoms with Crippen LogP contribution in [-0.2, 0) is 0 Å². The van der Waals surface area contributed by atoms with Gasteiger partial charge in [-0.25, -0.2) is 0 Å². The Hall–Kier alpha value is -3.38. The van der Waals surface area contributed by atoms with E-state index in [0.29, 0.717) is 0 Å². The molecule has 0 aliphatic carbocycles. The Morgan fingerprint density at radius 1 is 0.308 bits per heavy atom. The molecular formula is C26H18. The molecule has 0 unspecified atom stereocenters. The first-order chi connectivity index (χ1) is 12.9. The van der Waals surface area contributed by atoms with Crippen molar-refractivity contribution in [2.75, 3.05) is 0 Å². The molecule has 0 amide bonds. The monoisotopic (exact) mass is 330 g/mol. The number of benzene rings is 5. The van der Waals surface area contributed by atoms with Gasteiger partial charge in [-0.1, -0.05) is 109 Å². The zero-order chi connectivity index (χ0) is 17.3. The second kappa shape index (κ2) is 6.16. The molecule has 0 nitrogen and oxygen atoms in total. The molecule has 26 heavy (non-hydrogen) atoms. The molecule has 122 valence electrons. The van der Waals surface area contributed by atoms with Gasteiger partial charge in [-0.15, -0.1) is 0 Å². The van der Waals surface area contributed by atoms with Gasteiger partial charge in [0.25, 0.3) is 0 Å². The predicted molar refractivity (Wildman–Crippen MR) is 112 cm³/mol. The van der Waals surface area contributed by atoms with Gasteiger partial charge in [0.1, 0.15) is 0 Å². The zero-order valence-corrected chi connectivity index (χ0v) is 14.4. The van der Waals surface area contributed by atoms with Crippen LogP contribution in [0.1, 0.15) is 0 Å². The maximum Gasteiger partial charge on any atom is -0.00990 e. The van der Waals surface area contributed by atoms with Crippen LogP contribution in [0.15, 0.2) is 109 Å². The molecule has 0 radical (unpaired) electrons. The maximum absolute atomic E-state index is 2.25. The standard InChI is InChI=1S/C26H18/c1-2-7-19(8-3-1)20-13-15-22(16-14-20)24-11-6-12-25-23-10-5-4-9-21(23)17-18-26(24)25/h1-18H. The third kappa shape index (κ3) is 2.48. The van der Waals surface area contributed by atoms with Crippen molar-refractivity contribution in [3.63, 3.8) is 0 Å². The first-order valence-corrected chi connectivity index (χ1v) is 8.96. The topological polar surface area (TPSA) is 0 Å². The number of hydrogen-bond donors (Lipinski definition) is 0. The highest BCUT2D eigenvalue weighted by Gasteiger charge is 2.07. The molecule has 5 aromatic rings. The molecule has 0 atom stereocenters. The highest BCUT2D eigenvalue weighted by molar-refractivity contribution is 6.12. The highest BCUT2D eigenvalue weighted by Crippen LogP contribution is 2.34. The van der Waals surface area contributed by atoms with Gasteiger partial charge in [-0.3, -0.25) is 0 Å². The smallest absolute Gasteiger partial charge is 0.00990 e. The summed E-state index contributed by atoms with van der Waals surface area (Å²) in [5, 5.41) is 5.22. The first-order valence-electron chi connectivity index (χ1n) is 8.96. The van der Waals surface area contributed by atoms with E-state index in [9.17, 15) is 0 Å². The lowest BCUT2D eigenvalue weighted by Gasteiger charge is -2.10. The van der Waals surface area contributed by atoms with Crippen LogP contribution in [0, 0.1) is 0 Å². The minimum Gasteiger partial charge on any atom is -0.0622 e. The van der Waals surface area contributed by atoms with Gasteiger partial charge in [0.15, 0.2) is 0 Å². The molecule has 5 rings (SSSR count). The van der Waals surface area contributed by atoms with Gasteiger partial charge in [0.05, 0.1) is 0 Å². The average molecular weight is 330 g/mol. The minimum absolute atomic E-state index is 1.25. The zero-order valence-electron chi connectivity index (χ0n) is 14.4. The molecule has 0 fully saturated rings. The normalized spacial score (nSPS) is 11.1. The predicted octanol–water partition coefficient (Wildman–Crippen LogP) is 7.33. The van der Waals surface area contributed by atoms with Crippen LogP contribution in [-0.4, -0.2) is 0 Å². The lowest BCUT2D eigenvalue weighted by molar-refractivity contribution is 1.61. The second-order valence-electron chi connectivity index (χ2n) is 6.63. The summed E-state index contributed by atoms with van der Waals surface area (Å²) in [4.78, 5) is 0. The Balaban J connectivity index is 1.66. The quantitative estimate of drug-likeness (QED) is 0.297. The van der Waals surface area contributed by atoms with Crippen LogP contribution in [0.3, 0.4) is 0 Å². The SMILES string of the molecule is c1ccc(-c2ccc(-c3cccc4c3ccc3ccccc34)cc2)cc1. The van der Waals surface area contributed by atoms with Crippen LogP contribution in [0.5, 0.6) is 0 Å². The van der Waals surface area contributed by atoms with E-state index >= 15 is 0 Å². The molecule has 0 spiro atoms. The third-order valence-electron chi connectivity index (χ3n) is 5.09. The molecule has 0 bridgehead atoms. The summed E-state index contributed by atoms with van der Waals surface area (Å²) in [6.45, 7) is 0. The van der Waals surface area contributed by atoms with Crippen LogP contribution in [0.25, 0.3) is 43.8 Å². The Bertz CT molecular complexity index is 1200. The van der Waals surface area contributed by atoms with Gasteiger partial charge < -0.3 is 0 Å². The van der Waals surface area contributed by atoms with Gasteiger partial charge in [0, 0.05) is 0 Å². The summed E-state index contributed by atoms with van der Waals surface area (Å²) in [5.74, 6) is 0. The van der Waals surface area contributed by atoms with Crippen molar-refractivity contribution in [1.29, 1.82) is 0 Å². The number of fused-ring (bicyclic) bond motifs is 3. The second-order valence-corrected chi connectivity index (χ2v) is 6.63. The van der Waals surface area contributed by atoms with Crippen LogP contribution >= 0.6 is 0 Å². The summed E-state index contributed by atoms with van der Waals surface area (Å²) in [6.07, 6.45) is 0. The summed E-state index contributed by atoms with van der Waals surface area (Å²) in [6, 6.07) is 39.1. The van der Waals surface area contributed by atoms with E-state index in [1.165, 1.54) is 43.8 Å². The molecule has 0 saturated heterocycles. The molecule has 0 heteroatoms. The van der Waals surface area contributed by atoms with Crippen molar-refractivity contribution in [3.05, 3.63) is 109 Å². The van der Waals surface area contributed by atoms with Crippen molar-refractivity contribution in [2.24, 2.45) is 0 Å². The van der Waals surface area contributed by atoms with Gasteiger partial charge >= 0.3 is 0 Å². The van der Waals surface area contributed by atoms with Crippen LogP contribution in [0.2, 0.25) is 0 Å². The van der Waals surface area contributed by atoms with Crippen molar-refractivity contribution < 1.29 is 0 Å². The molecule has 0 N–H and O–H groups in total. The van der Waals surface area contributed by atoms with Crippen molar-refractivity contribution in [1.82, 2.24) is 0 Å². The van der Waals surface area contributed by atoms with Crippen molar-refractivity contribution >= 4 is 21.5 Å². The Morgan fingerprint density at radius 3 is 1.81 bits per heavy atom. The minimum atomic E-state index is 1.25. The number of rotatable bonds is 2. The van der Waals surface area contributed by atoms with E-state index in [-0.39, 0.29) is 0 Å². The van der Waals surface area contributed by atoms with Gasteiger partial charge in [-0.05, 0) is 43.8 Å².